The van der Waals surface area contributed by atoms with E-state index in [9.17, 15) is 19.2 Å². The second-order valence-electron chi connectivity index (χ2n) is 6.31. The van der Waals surface area contributed by atoms with E-state index >= 15 is 0 Å². The molecule has 3 rings (SSSR count). The van der Waals surface area contributed by atoms with Crippen molar-refractivity contribution in [2.45, 2.75) is 39.8 Å². The van der Waals surface area contributed by atoms with Gasteiger partial charge in [0.15, 0.2) is 11.2 Å². The number of ketones is 1. The third-order valence-corrected chi connectivity index (χ3v) is 4.35. The number of aromatic nitrogens is 4. The van der Waals surface area contributed by atoms with Gasteiger partial charge in [-0.15, -0.1) is 0 Å². The second-order valence-corrected chi connectivity index (χ2v) is 6.31. The molecule has 2 heterocycles. The number of hydrogen-bond donors (Lipinski definition) is 0. The lowest BCUT2D eigenvalue weighted by Crippen LogP contribution is -2.41. The molecular formula is C19H20N4O4. The van der Waals surface area contributed by atoms with Crippen LogP contribution in [0.1, 0.15) is 37.0 Å². The number of carbonyl (C=O) groups excluding carboxylic acids is 2. The maximum atomic E-state index is 13.0. The highest BCUT2D eigenvalue weighted by atomic mass is 16.2. The van der Waals surface area contributed by atoms with Gasteiger partial charge in [0.05, 0.1) is 6.54 Å². The molecule has 27 heavy (non-hydrogen) atoms. The Balaban J connectivity index is 2.30. The Hall–Kier alpha value is -3.29. The van der Waals surface area contributed by atoms with E-state index in [2.05, 4.69) is 4.98 Å². The quantitative estimate of drug-likeness (QED) is 0.614. The van der Waals surface area contributed by atoms with Gasteiger partial charge in [0.25, 0.3) is 11.5 Å². The van der Waals surface area contributed by atoms with Crippen molar-refractivity contribution in [3.63, 3.8) is 0 Å². The number of Topliss-reactive ketones (excluding diaryl/α,β-unsaturated/α-hetero) is 1. The molecule has 0 spiro atoms. The molecule has 0 bridgehead atoms. The first-order valence-electron chi connectivity index (χ1n) is 8.75. The summed E-state index contributed by atoms with van der Waals surface area (Å²) in [5.41, 5.74) is -0.197. The summed E-state index contributed by atoms with van der Waals surface area (Å²) >= 11 is 0. The molecule has 0 amide bonds. The molecule has 0 saturated heterocycles. The predicted molar refractivity (Wildman–Crippen MR) is 100 cm³/mol. The first-order valence-corrected chi connectivity index (χ1v) is 8.75. The van der Waals surface area contributed by atoms with Gasteiger partial charge in [0, 0.05) is 13.5 Å². The molecule has 8 nitrogen and oxygen atoms in total. The highest BCUT2D eigenvalue weighted by Crippen LogP contribution is 2.10. The third-order valence-electron chi connectivity index (χ3n) is 4.35. The zero-order valence-corrected chi connectivity index (χ0v) is 15.2. The van der Waals surface area contributed by atoms with Crippen molar-refractivity contribution in [3.8, 4) is 0 Å². The topological polar surface area (TPSA) is 96.0 Å². The zero-order valence-electron chi connectivity index (χ0n) is 15.2. The molecular weight excluding hydrogens is 348 g/mol. The summed E-state index contributed by atoms with van der Waals surface area (Å²) in [6.07, 6.45) is 2.57. The number of fused-ring (bicyclic) bond motifs is 1. The van der Waals surface area contributed by atoms with Crippen LogP contribution in [0.4, 0.5) is 0 Å². The minimum atomic E-state index is -0.860. The standard InChI is InChI=1S/C19H20N4O4/c1-3-4-10-21-18(26)15-16(20-12-23(15)17(25)13(2)24)22(19(21)27)11-14-8-6-5-7-9-14/h5-9,12H,3-4,10-11H2,1-2H3. The molecule has 3 aromatic rings. The van der Waals surface area contributed by atoms with Crippen LogP contribution in [0.15, 0.2) is 46.2 Å². The highest BCUT2D eigenvalue weighted by molar-refractivity contribution is 6.37. The van der Waals surface area contributed by atoms with E-state index in [1.54, 1.807) is 0 Å². The van der Waals surface area contributed by atoms with Gasteiger partial charge in [0.1, 0.15) is 6.33 Å². The van der Waals surface area contributed by atoms with E-state index in [0.29, 0.717) is 6.42 Å². The molecule has 0 atom stereocenters. The van der Waals surface area contributed by atoms with Gasteiger partial charge in [-0.05, 0) is 12.0 Å². The maximum absolute atomic E-state index is 13.0. The first kappa shape index (κ1) is 18.5. The molecule has 0 unspecified atom stereocenters. The Labute approximate surface area is 154 Å². The SMILES string of the molecule is CCCCn1c(=O)c2c(ncn2C(=O)C(C)=O)n(Cc2ccccc2)c1=O. The van der Waals surface area contributed by atoms with Crippen LogP contribution < -0.4 is 11.2 Å². The average Bonchev–Trinajstić information content (AvgIpc) is 3.10. The zero-order chi connectivity index (χ0) is 19.6. The summed E-state index contributed by atoms with van der Waals surface area (Å²) in [6.45, 7) is 3.52. The van der Waals surface area contributed by atoms with Crippen molar-refractivity contribution in [2.75, 3.05) is 0 Å². The molecule has 0 saturated carbocycles. The number of rotatable bonds is 6. The first-order chi connectivity index (χ1) is 13.0. The van der Waals surface area contributed by atoms with Gasteiger partial charge >= 0.3 is 5.69 Å². The van der Waals surface area contributed by atoms with Crippen molar-refractivity contribution in [1.29, 1.82) is 0 Å². The lowest BCUT2D eigenvalue weighted by atomic mass is 10.2. The Morgan fingerprint density at radius 2 is 1.78 bits per heavy atom. The molecule has 0 aliphatic heterocycles. The third kappa shape index (κ3) is 3.38. The van der Waals surface area contributed by atoms with Crippen molar-refractivity contribution in [3.05, 3.63) is 63.1 Å². The molecule has 0 N–H and O–H groups in total. The number of nitrogens with zero attached hydrogens (tertiary/aromatic N) is 4. The second kappa shape index (κ2) is 7.53. The molecule has 140 valence electrons. The summed E-state index contributed by atoms with van der Waals surface area (Å²) in [5.74, 6) is -1.57. The lowest BCUT2D eigenvalue weighted by Gasteiger charge is -2.12. The van der Waals surface area contributed by atoms with Crippen LogP contribution >= 0.6 is 0 Å². The number of imidazole rings is 1. The summed E-state index contributed by atoms with van der Waals surface area (Å²) in [6, 6.07) is 9.28. The van der Waals surface area contributed by atoms with E-state index in [-0.39, 0.29) is 24.3 Å². The lowest BCUT2D eigenvalue weighted by molar-refractivity contribution is -0.113. The maximum Gasteiger partial charge on any atom is 0.333 e. The smallest absolute Gasteiger partial charge is 0.289 e. The van der Waals surface area contributed by atoms with Crippen LogP contribution in [0.3, 0.4) is 0 Å². The summed E-state index contributed by atoms with van der Waals surface area (Å²) in [7, 11) is 0. The number of carbonyl (C=O) groups is 2. The number of hydrogen-bond acceptors (Lipinski definition) is 5. The Kier molecular flexibility index (Phi) is 5.16. The predicted octanol–water partition coefficient (Wildman–Crippen LogP) is 1.44. The van der Waals surface area contributed by atoms with Crippen molar-refractivity contribution in [1.82, 2.24) is 18.7 Å². The fourth-order valence-corrected chi connectivity index (χ4v) is 2.93. The number of unbranched alkanes of at least 4 members (excludes halogenated alkanes) is 1. The minimum Gasteiger partial charge on any atom is -0.289 e. The monoisotopic (exact) mass is 368 g/mol. The van der Waals surface area contributed by atoms with E-state index in [1.807, 2.05) is 37.3 Å². The van der Waals surface area contributed by atoms with E-state index in [4.69, 9.17) is 0 Å². The van der Waals surface area contributed by atoms with Crippen LogP contribution in [-0.2, 0) is 17.9 Å². The van der Waals surface area contributed by atoms with Gasteiger partial charge in [-0.3, -0.25) is 28.1 Å². The summed E-state index contributed by atoms with van der Waals surface area (Å²) < 4.78 is 3.41. The fourth-order valence-electron chi connectivity index (χ4n) is 2.93. The van der Waals surface area contributed by atoms with Crippen LogP contribution in [0, 0.1) is 0 Å². The van der Waals surface area contributed by atoms with E-state index in [0.717, 1.165) is 34.4 Å². The number of benzene rings is 1. The summed E-state index contributed by atoms with van der Waals surface area (Å²) in [5, 5.41) is 0. The van der Waals surface area contributed by atoms with Gasteiger partial charge in [0.2, 0.25) is 5.78 Å². The van der Waals surface area contributed by atoms with Crippen molar-refractivity contribution < 1.29 is 9.59 Å². The normalized spacial score (nSPS) is 11.0. The molecule has 0 radical (unpaired) electrons. The van der Waals surface area contributed by atoms with Crippen LogP contribution in [0.2, 0.25) is 0 Å². The molecule has 0 fully saturated rings. The molecule has 1 aromatic carbocycles. The Bertz CT molecular complexity index is 1120. The van der Waals surface area contributed by atoms with Crippen LogP contribution in [0.5, 0.6) is 0 Å². The van der Waals surface area contributed by atoms with E-state index in [1.165, 1.54) is 4.57 Å². The summed E-state index contributed by atoms with van der Waals surface area (Å²) in [4.78, 5) is 53.7. The molecule has 0 aliphatic rings. The minimum absolute atomic E-state index is 0.0539. The largest absolute Gasteiger partial charge is 0.333 e. The molecule has 0 aliphatic carbocycles. The average molecular weight is 368 g/mol. The van der Waals surface area contributed by atoms with Gasteiger partial charge in [-0.25, -0.2) is 9.78 Å². The molecule has 2 aromatic heterocycles. The van der Waals surface area contributed by atoms with Gasteiger partial charge < -0.3 is 0 Å². The van der Waals surface area contributed by atoms with Gasteiger partial charge in [-0.2, -0.15) is 0 Å². The van der Waals surface area contributed by atoms with Crippen LogP contribution in [0.25, 0.3) is 11.2 Å². The Morgan fingerprint density at radius 3 is 2.41 bits per heavy atom. The Morgan fingerprint density at radius 1 is 1.07 bits per heavy atom. The van der Waals surface area contributed by atoms with Crippen molar-refractivity contribution in [2.24, 2.45) is 0 Å². The fraction of sp³-hybridized carbons (Fsp3) is 0.316. The van der Waals surface area contributed by atoms with Gasteiger partial charge in [-0.1, -0.05) is 43.7 Å². The highest BCUT2D eigenvalue weighted by Gasteiger charge is 2.22. The van der Waals surface area contributed by atoms with Crippen molar-refractivity contribution >= 4 is 22.9 Å². The van der Waals surface area contributed by atoms with E-state index < -0.39 is 22.9 Å². The van der Waals surface area contributed by atoms with Crippen LogP contribution in [-0.4, -0.2) is 30.4 Å². The molecule has 8 heteroatoms.